The van der Waals surface area contributed by atoms with Crippen LogP contribution < -0.4 is 5.32 Å². The number of aryl methyl sites for hydroxylation is 1. The highest BCUT2D eigenvalue weighted by atomic mass is 32.1. The van der Waals surface area contributed by atoms with E-state index in [1.54, 1.807) is 23.5 Å². The van der Waals surface area contributed by atoms with E-state index >= 15 is 0 Å². The summed E-state index contributed by atoms with van der Waals surface area (Å²) in [6, 6.07) is 10.3. The van der Waals surface area contributed by atoms with Crippen LogP contribution in [0.1, 0.15) is 37.3 Å². The van der Waals surface area contributed by atoms with Crippen LogP contribution in [-0.2, 0) is 4.74 Å². The summed E-state index contributed by atoms with van der Waals surface area (Å²) in [5.74, 6) is -0.364. The molecule has 0 aliphatic carbocycles. The van der Waals surface area contributed by atoms with Gasteiger partial charge in [-0.05, 0) is 48.6 Å². The summed E-state index contributed by atoms with van der Waals surface area (Å²) >= 11 is 3.00. The maximum absolute atomic E-state index is 14.1. The van der Waals surface area contributed by atoms with Gasteiger partial charge in [-0.2, -0.15) is 0 Å². The molecule has 2 aromatic heterocycles. The maximum Gasteiger partial charge on any atom is 0.266 e. The SMILES string of the molecule is Cc1sc(NC(=O)c2cccs2)c(C(c2cccc(F)c2)N2CCOCC2)c1C. The third-order valence-corrected chi connectivity index (χ3v) is 7.26. The fraction of sp³-hybridized carbons (Fsp3) is 0.318. The first-order valence-corrected chi connectivity index (χ1v) is 11.3. The van der Waals surface area contributed by atoms with E-state index in [-0.39, 0.29) is 17.8 Å². The van der Waals surface area contributed by atoms with Gasteiger partial charge in [0.15, 0.2) is 0 Å². The number of hydrogen-bond acceptors (Lipinski definition) is 5. The minimum Gasteiger partial charge on any atom is -0.379 e. The molecule has 29 heavy (non-hydrogen) atoms. The van der Waals surface area contributed by atoms with Gasteiger partial charge in [-0.1, -0.05) is 18.2 Å². The third kappa shape index (κ3) is 4.28. The lowest BCUT2D eigenvalue weighted by Gasteiger charge is -2.35. The minimum atomic E-state index is -0.255. The Morgan fingerprint density at radius 1 is 1.21 bits per heavy atom. The molecule has 0 spiro atoms. The molecule has 4 nitrogen and oxygen atoms in total. The van der Waals surface area contributed by atoms with E-state index in [4.69, 9.17) is 4.74 Å². The molecule has 1 aliphatic heterocycles. The first kappa shape index (κ1) is 20.2. The number of nitrogens with zero attached hydrogens (tertiary/aromatic N) is 1. The number of nitrogens with one attached hydrogen (secondary N) is 1. The molecule has 1 atom stereocenters. The number of ether oxygens (including phenoxy) is 1. The Kier molecular flexibility index (Phi) is 6.10. The van der Waals surface area contributed by atoms with Crippen molar-refractivity contribution in [1.29, 1.82) is 0 Å². The molecule has 1 unspecified atom stereocenters. The molecule has 152 valence electrons. The molecule has 0 saturated carbocycles. The van der Waals surface area contributed by atoms with Crippen molar-refractivity contribution >= 4 is 33.6 Å². The molecule has 1 amide bonds. The van der Waals surface area contributed by atoms with Crippen LogP contribution in [-0.4, -0.2) is 37.1 Å². The largest absolute Gasteiger partial charge is 0.379 e. The number of morpholine rings is 1. The average molecular weight is 431 g/mol. The van der Waals surface area contributed by atoms with Crippen LogP contribution in [0.25, 0.3) is 0 Å². The monoisotopic (exact) mass is 430 g/mol. The van der Waals surface area contributed by atoms with Crippen LogP contribution in [0, 0.1) is 19.7 Å². The summed E-state index contributed by atoms with van der Waals surface area (Å²) in [5, 5.41) is 5.84. The lowest BCUT2D eigenvalue weighted by atomic mass is 9.94. The quantitative estimate of drug-likeness (QED) is 0.602. The lowest BCUT2D eigenvalue weighted by molar-refractivity contribution is 0.0240. The van der Waals surface area contributed by atoms with Crippen LogP contribution >= 0.6 is 22.7 Å². The normalized spacial score (nSPS) is 16.0. The molecule has 3 aromatic rings. The predicted octanol–water partition coefficient (Wildman–Crippen LogP) is 5.24. The van der Waals surface area contributed by atoms with Crippen molar-refractivity contribution in [1.82, 2.24) is 4.90 Å². The van der Waals surface area contributed by atoms with Gasteiger partial charge in [-0.3, -0.25) is 9.69 Å². The number of halogens is 1. The zero-order chi connectivity index (χ0) is 20.4. The molecule has 0 radical (unpaired) electrons. The van der Waals surface area contributed by atoms with E-state index < -0.39 is 0 Å². The van der Waals surface area contributed by atoms with Gasteiger partial charge in [0, 0.05) is 23.5 Å². The summed E-state index contributed by atoms with van der Waals surface area (Å²) in [5.41, 5.74) is 3.07. The van der Waals surface area contributed by atoms with Crippen LogP contribution in [0.15, 0.2) is 41.8 Å². The first-order chi connectivity index (χ1) is 14.0. The van der Waals surface area contributed by atoms with Crippen molar-refractivity contribution in [2.45, 2.75) is 19.9 Å². The molecular formula is C22H23FN2O2S2. The summed E-state index contributed by atoms with van der Waals surface area (Å²) in [4.78, 5) is 16.9. The van der Waals surface area contributed by atoms with Crippen LogP contribution in [0.4, 0.5) is 9.39 Å². The molecule has 0 bridgehead atoms. The van der Waals surface area contributed by atoms with Gasteiger partial charge in [0.2, 0.25) is 0 Å². The summed E-state index contributed by atoms with van der Waals surface area (Å²) in [6.45, 7) is 6.94. The zero-order valence-corrected chi connectivity index (χ0v) is 18.0. The summed E-state index contributed by atoms with van der Waals surface area (Å²) in [6.07, 6.45) is 0. The third-order valence-electron chi connectivity index (χ3n) is 5.25. The molecule has 4 rings (SSSR count). The second-order valence-electron chi connectivity index (χ2n) is 7.06. The van der Waals surface area contributed by atoms with Gasteiger partial charge in [-0.25, -0.2) is 4.39 Å². The number of carbonyl (C=O) groups is 1. The Morgan fingerprint density at radius 2 is 2.00 bits per heavy atom. The molecule has 1 aromatic carbocycles. The van der Waals surface area contributed by atoms with Crippen LogP contribution in [0.2, 0.25) is 0 Å². The number of carbonyl (C=O) groups excluding carboxylic acids is 1. The van der Waals surface area contributed by atoms with Gasteiger partial charge in [0.05, 0.1) is 24.1 Å². The standard InChI is InChI=1S/C22H23FN2O2S2/c1-14-15(2)29-22(24-21(26)18-7-4-12-28-18)19(14)20(25-8-10-27-11-9-25)16-5-3-6-17(23)13-16/h3-7,12-13,20H,8-11H2,1-2H3,(H,24,26). The van der Waals surface area contributed by atoms with Crippen LogP contribution in [0.5, 0.6) is 0 Å². The van der Waals surface area contributed by atoms with E-state index in [0.29, 0.717) is 18.1 Å². The smallest absolute Gasteiger partial charge is 0.266 e. The molecule has 1 saturated heterocycles. The highest BCUT2D eigenvalue weighted by Crippen LogP contribution is 2.42. The minimum absolute atomic E-state index is 0.109. The van der Waals surface area contributed by atoms with Crippen molar-refractivity contribution in [2.75, 3.05) is 31.6 Å². The Bertz CT molecular complexity index is 994. The molecule has 3 heterocycles. The van der Waals surface area contributed by atoms with E-state index in [0.717, 1.165) is 39.7 Å². The molecule has 1 aliphatic rings. The van der Waals surface area contributed by atoms with Crippen molar-refractivity contribution in [2.24, 2.45) is 0 Å². The molecular weight excluding hydrogens is 407 g/mol. The highest BCUT2D eigenvalue weighted by molar-refractivity contribution is 7.17. The van der Waals surface area contributed by atoms with E-state index in [2.05, 4.69) is 24.1 Å². The molecule has 1 fully saturated rings. The number of amides is 1. The van der Waals surface area contributed by atoms with Crippen molar-refractivity contribution in [3.8, 4) is 0 Å². The number of rotatable bonds is 5. The fourth-order valence-electron chi connectivity index (χ4n) is 3.71. The van der Waals surface area contributed by atoms with Gasteiger partial charge >= 0.3 is 0 Å². The van der Waals surface area contributed by atoms with Gasteiger partial charge in [0.25, 0.3) is 5.91 Å². The number of thiophene rings is 2. The second-order valence-corrected chi connectivity index (χ2v) is 9.24. The van der Waals surface area contributed by atoms with E-state index in [1.165, 1.54) is 17.4 Å². The van der Waals surface area contributed by atoms with Crippen molar-refractivity contribution in [3.63, 3.8) is 0 Å². The zero-order valence-electron chi connectivity index (χ0n) is 16.4. The first-order valence-electron chi connectivity index (χ1n) is 9.56. The Morgan fingerprint density at radius 3 is 2.69 bits per heavy atom. The van der Waals surface area contributed by atoms with Gasteiger partial charge in [0.1, 0.15) is 10.8 Å². The summed E-state index contributed by atoms with van der Waals surface area (Å²) in [7, 11) is 0. The van der Waals surface area contributed by atoms with Crippen LogP contribution in [0.3, 0.4) is 0 Å². The average Bonchev–Trinajstić information content (AvgIpc) is 3.34. The highest BCUT2D eigenvalue weighted by Gasteiger charge is 2.30. The number of benzene rings is 1. The maximum atomic E-state index is 14.1. The van der Waals surface area contributed by atoms with E-state index in [9.17, 15) is 9.18 Å². The second kappa shape index (κ2) is 8.75. The van der Waals surface area contributed by atoms with E-state index in [1.807, 2.05) is 23.6 Å². The predicted molar refractivity (Wildman–Crippen MR) is 117 cm³/mol. The topological polar surface area (TPSA) is 41.6 Å². The molecule has 7 heteroatoms. The van der Waals surface area contributed by atoms with Crippen molar-refractivity contribution in [3.05, 3.63) is 74.0 Å². The Hall–Kier alpha value is -2.06. The van der Waals surface area contributed by atoms with Gasteiger partial charge < -0.3 is 10.1 Å². The molecule has 1 N–H and O–H groups in total. The number of anilines is 1. The Balaban J connectivity index is 1.78. The lowest BCUT2D eigenvalue weighted by Crippen LogP contribution is -2.40. The number of hydrogen-bond donors (Lipinski definition) is 1. The van der Waals surface area contributed by atoms with Crippen molar-refractivity contribution < 1.29 is 13.9 Å². The summed E-state index contributed by atoms with van der Waals surface area (Å²) < 4.78 is 19.6. The van der Waals surface area contributed by atoms with Gasteiger partial charge in [-0.15, -0.1) is 22.7 Å². The fourth-order valence-corrected chi connectivity index (χ4v) is 5.42. The Labute approximate surface area is 177 Å².